The van der Waals surface area contributed by atoms with E-state index in [-0.39, 0.29) is 41.8 Å². The fourth-order valence-corrected chi connectivity index (χ4v) is 6.89. The summed E-state index contributed by atoms with van der Waals surface area (Å²) in [7, 11) is 0. The van der Waals surface area contributed by atoms with E-state index in [4.69, 9.17) is 21.1 Å². The number of ether oxygens (including phenoxy) is 2. The molecule has 0 aromatic heterocycles. The number of piperidine rings is 1. The van der Waals surface area contributed by atoms with Gasteiger partial charge in [0, 0.05) is 61.7 Å². The van der Waals surface area contributed by atoms with Gasteiger partial charge in [-0.1, -0.05) is 29.8 Å². The first-order chi connectivity index (χ1) is 20.8. The van der Waals surface area contributed by atoms with Gasteiger partial charge in [-0.25, -0.2) is 0 Å². The lowest BCUT2D eigenvalue weighted by atomic mass is 9.87. The maximum Gasteiger partial charge on any atom is 0.262 e. The van der Waals surface area contributed by atoms with Crippen molar-refractivity contribution in [2.45, 2.75) is 68.8 Å². The number of likely N-dealkylation sites (tertiary alicyclic amines) is 1. The Kier molecular flexibility index (Phi) is 8.82. The quantitative estimate of drug-likeness (QED) is 0.324. The number of nitrogens with zero attached hydrogens (tertiary/aromatic N) is 2. The van der Waals surface area contributed by atoms with Crippen molar-refractivity contribution in [3.8, 4) is 17.2 Å². The van der Waals surface area contributed by atoms with Crippen LogP contribution in [0.3, 0.4) is 0 Å². The van der Waals surface area contributed by atoms with Crippen LogP contribution in [-0.2, 0) is 6.42 Å². The van der Waals surface area contributed by atoms with Gasteiger partial charge in [0.1, 0.15) is 35.6 Å². The average molecular weight is 607 g/mol. The number of carbonyl (C=O) groups excluding carboxylic acids is 1. The van der Waals surface area contributed by atoms with Gasteiger partial charge in [-0.05, 0) is 73.7 Å². The van der Waals surface area contributed by atoms with Crippen molar-refractivity contribution in [2.24, 2.45) is 0 Å². The molecule has 0 unspecified atom stereocenters. The number of hydrogen-bond acceptors (Lipinski definition) is 7. The number of fused-ring (bicyclic) bond motifs is 1. The number of halogens is 1. The van der Waals surface area contributed by atoms with Crippen LogP contribution in [0.2, 0.25) is 5.02 Å². The highest BCUT2D eigenvalue weighted by atomic mass is 35.5. The number of hydrogen-bond donors (Lipinski definition) is 3. The molecule has 3 aliphatic rings. The lowest BCUT2D eigenvalue weighted by molar-refractivity contribution is -0.00200. The van der Waals surface area contributed by atoms with Gasteiger partial charge in [0.15, 0.2) is 0 Å². The third-order valence-corrected chi connectivity index (χ3v) is 9.24. The summed E-state index contributed by atoms with van der Waals surface area (Å²) in [6.07, 6.45) is 4.08. The molecular weight excluding hydrogens is 568 g/mol. The first-order valence-electron chi connectivity index (χ1n) is 15.2. The average Bonchev–Trinajstić information content (AvgIpc) is 3.36. The van der Waals surface area contributed by atoms with E-state index in [9.17, 15) is 20.1 Å². The van der Waals surface area contributed by atoms with Crippen LogP contribution in [0.15, 0.2) is 66.7 Å². The van der Waals surface area contributed by atoms with Crippen LogP contribution < -0.4 is 14.4 Å². The minimum absolute atomic E-state index is 0.0201. The Morgan fingerprint density at radius 3 is 2.53 bits per heavy atom. The first kappa shape index (κ1) is 29.8. The van der Waals surface area contributed by atoms with Crippen molar-refractivity contribution in [1.29, 1.82) is 0 Å². The number of amides is 1. The molecule has 8 nitrogen and oxygen atoms in total. The van der Waals surface area contributed by atoms with Crippen molar-refractivity contribution < 1.29 is 29.6 Å². The van der Waals surface area contributed by atoms with Crippen molar-refractivity contribution >= 4 is 23.2 Å². The molecule has 43 heavy (non-hydrogen) atoms. The number of para-hydroxylation sites is 1. The summed E-state index contributed by atoms with van der Waals surface area (Å²) in [5.41, 5.74) is 2.02. The molecular formula is C34H39ClN2O6. The second-order valence-corrected chi connectivity index (χ2v) is 12.6. The smallest absolute Gasteiger partial charge is 0.262 e. The SMILES string of the molecule is O=C(c1ccc(O)cc1OC[C@H](O)CN1CCC2(CC1)Cc1cc(Cl)ccc1O2)N(c1ccccc1)C1CCC(O)CC1. The fourth-order valence-electron chi connectivity index (χ4n) is 6.70. The zero-order valence-corrected chi connectivity index (χ0v) is 25.0. The van der Waals surface area contributed by atoms with Crippen molar-refractivity contribution in [2.75, 3.05) is 31.1 Å². The van der Waals surface area contributed by atoms with Gasteiger partial charge in [-0.3, -0.25) is 4.79 Å². The van der Waals surface area contributed by atoms with Crippen LogP contribution >= 0.6 is 11.6 Å². The van der Waals surface area contributed by atoms with E-state index in [0.717, 1.165) is 54.4 Å². The zero-order chi connectivity index (χ0) is 30.0. The highest BCUT2D eigenvalue weighted by Crippen LogP contribution is 2.42. The standard InChI is InChI=1S/C34H39ClN2O6/c35-24-6-13-31-23(18-24)20-34(43-31)14-16-36(17-15-34)21-29(40)22-42-32-19-28(39)11-12-30(32)33(41)37(25-4-2-1-3-5-25)26-7-9-27(38)10-8-26/h1-6,11-13,18-19,26-27,29,38-40H,7-10,14-17,20-22H2/t26?,27?,29-/m1/s1. The maximum absolute atomic E-state index is 14.1. The summed E-state index contributed by atoms with van der Waals surface area (Å²) < 4.78 is 12.4. The van der Waals surface area contributed by atoms with E-state index < -0.39 is 6.10 Å². The molecule has 3 N–H and O–H groups in total. The molecule has 3 aromatic rings. The summed E-state index contributed by atoms with van der Waals surface area (Å²) in [5, 5.41) is 31.9. The van der Waals surface area contributed by atoms with E-state index in [1.54, 1.807) is 11.0 Å². The number of aliphatic hydroxyl groups is 2. The van der Waals surface area contributed by atoms with Crippen LogP contribution in [0, 0.1) is 0 Å². The molecule has 9 heteroatoms. The fraction of sp³-hybridized carbons (Fsp3) is 0.441. The molecule has 1 spiro atoms. The van der Waals surface area contributed by atoms with Gasteiger partial charge in [0.2, 0.25) is 0 Å². The maximum atomic E-state index is 14.1. The molecule has 1 amide bonds. The molecule has 1 aliphatic carbocycles. The van der Waals surface area contributed by atoms with Gasteiger partial charge < -0.3 is 34.6 Å². The lowest BCUT2D eigenvalue weighted by Gasteiger charge is -2.39. The van der Waals surface area contributed by atoms with Gasteiger partial charge in [0.25, 0.3) is 5.91 Å². The van der Waals surface area contributed by atoms with Crippen molar-refractivity contribution in [1.82, 2.24) is 4.90 Å². The largest absolute Gasteiger partial charge is 0.508 e. The van der Waals surface area contributed by atoms with Crippen LogP contribution in [0.4, 0.5) is 5.69 Å². The van der Waals surface area contributed by atoms with E-state index in [1.165, 1.54) is 12.1 Å². The van der Waals surface area contributed by atoms with Crippen LogP contribution in [0.5, 0.6) is 17.2 Å². The number of anilines is 1. The molecule has 6 rings (SSSR count). The number of aromatic hydroxyl groups is 1. The number of phenols is 1. The van der Waals surface area contributed by atoms with E-state index >= 15 is 0 Å². The molecule has 0 radical (unpaired) electrons. The third kappa shape index (κ3) is 6.78. The molecule has 0 bridgehead atoms. The van der Waals surface area contributed by atoms with Crippen molar-refractivity contribution in [3.05, 3.63) is 82.9 Å². The minimum atomic E-state index is -0.787. The van der Waals surface area contributed by atoms with Gasteiger partial charge in [0.05, 0.1) is 11.7 Å². The molecule has 1 saturated carbocycles. The molecule has 2 fully saturated rings. The van der Waals surface area contributed by atoms with Gasteiger partial charge in [-0.15, -0.1) is 0 Å². The Morgan fingerprint density at radius 2 is 1.79 bits per heavy atom. The molecule has 228 valence electrons. The number of carbonyl (C=O) groups is 1. The third-order valence-electron chi connectivity index (χ3n) is 9.01. The summed E-state index contributed by atoms with van der Waals surface area (Å²) in [4.78, 5) is 18.0. The Labute approximate surface area is 257 Å². The Balaban J connectivity index is 1.09. The highest BCUT2D eigenvalue weighted by Gasteiger charge is 2.42. The van der Waals surface area contributed by atoms with Crippen LogP contribution in [-0.4, -0.2) is 76.2 Å². The van der Waals surface area contributed by atoms with Crippen LogP contribution in [0.1, 0.15) is 54.4 Å². The predicted molar refractivity (Wildman–Crippen MR) is 165 cm³/mol. The van der Waals surface area contributed by atoms with Gasteiger partial charge >= 0.3 is 0 Å². The topological polar surface area (TPSA) is 103 Å². The molecule has 2 aliphatic heterocycles. The highest BCUT2D eigenvalue weighted by molar-refractivity contribution is 6.30. The number of benzene rings is 3. The molecule has 2 heterocycles. The Hall–Kier alpha value is -3.30. The van der Waals surface area contributed by atoms with Gasteiger partial charge in [-0.2, -0.15) is 0 Å². The monoisotopic (exact) mass is 606 g/mol. The minimum Gasteiger partial charge on any atom is -0.508 e. The Bertz CT molecular complexity index is 1420. The number of β-amino-alcohol motifs (C(OH)–C–C–N with tert-alkyl or cyclic N) is 1. The summed E-state index contributed by atoms with van der Waals surface area (Å²) in [6.45, 7) is 1.98. The number of aliphatic hydroxyl groups excluding tert-OH is 2. The number of rotatable bonds is 8. The predicted octanol–water partition coefficient (Wildman–Crippen LogP) is 5.21. The summed E-state index contributed by atoms with van der Waals surface area (Å²) in [6, 6.07) is 19.7. The Morgan fingerprint density at radius 1 is 1.05 bits per heavy atom. The molecule has 1 saturated heterocycles. The zero-order valence-electron chi connectivity index (χ0n) is 24.2. The second kappa shape index (κ2) is 12.7. The lowest BCUT2D eigenvalue weighted by Crippen LogP contribution is -2.49. The summed E-state index contributed by atoms with van der Waals surface area (Å²) in [5.74, 6) is 0.884. The second-order valence-electron chi connectivity index (χ2n) is 12.1. The van der Waals surface area contributed by atoms with E-state index in [2.05, 4.69) is 4.90 Å². The van der Waals surface area contributed by atoms with E-state index in [1.807, 2.05) is 48.5 Å². The van der Waals surface area contributed by atoms with Crippen LogP contribution in [0.25, 0.3) is 0 Å². The normalized spacial score (nSPS) is 22.0. The molecule has 3 aromatic carbocycles. The molecule has 1 atom stereocenters. The number of phenolic OH excluding ortho intramolecular Hbond substituents is 1. The summed E-state index contributed by atoms with van der Waals surface area (Å²) >= 11 is 6.18. The first-order valence-corrected chi connectivity index (χ1v) is 15.6. The van der Waals surface area contributed by atoms with Crippen molar-refractivity contribution in [3.63, 3.8) is 0 Å². The van der Waals surface area contributed by atoms with E-state index in [0.29, 0.717) is 37.8 Å².